The largest absolute Gasteiger partial charge is 0.496 e. The van der Waals surface area contributed by atoms with Crippen LogP contribution in [0.15, 0.2) is 54.6 Å². The zero-order valence-electron chi connectivity index (χ0n) is 22.7. The monoisotopic (exact) mass is 614 g/mol. The van der Waals surface area contributed by atoms with E-state index in [0.29, 0.717) is 32.5 Å². The van der Waals surface area contributed by atoms with E-state index in [0.717, 1.165) is 12.1 Å². The van der Waals surface area contributed by atoms with E-state index in [4.69, 9.17) is 32.9 Å². The number of aryl methyl sites for hydroxylation is 1. The average molecular weight is 615 g/mol. The van der Waals surface area contributed by atoms with Gasteiger partial charge in [-0.3, -0.25) is 14.5 Å². The van der Waals surface area contributed by atoms with Gasteiger partial charge in [-0.2, -0.15) is 13.2 Å². The number of alkyl halides is 3. The van der Waals surface area contributed by atoms with Gasteiger partial charge in [-0.05, 0) is 68.8 Å². The van der Waals surface area contributed by atoms with Crippen molar-refractivity contribution in [3.63, 3.8) is 0 Å². The number of nitrogens with one attached hydrogen (secondary N) is 1. The van der Waals surface area contributed by atoms with Gasteiger partial charge in [0.15, 0.2) is 11.2 Å². The van der Waals surface area contributed by atoms with E-state index in [2.05, 4.69) is 5.32 Å². The lowest BCUT2D eigenvalue weighted by molar-refractivity contribution is -0.137. The van der Waals surface area contributed by atoms with Crippen molar-refractivity contribution < 1.29 is 27.5 Å². The number of methoxy groups -OCH3 is 1. The molecular weight excluding hydrogens is 592 g/mol. The van der Waals surface area contributed by atoms with Crippen molar-refractivity contribution in [2.45, 2.75) is 38.5 Å². The van der Waals surface area contributed by atoms with Crippen LogP contribution in [0.2, 0.25) is 10.0 Å². The first-order valence-corrected chi connectivity index (χ1v) is 13.7. The molecule has 0 saturated heterocycles. The minimum absolute atomic E-state index is 0.0158. The Balaban J connectivity index is 1.71. The predicted molar refractivity (Wildman–Crippen MR) is 153 cm³/mol. The number of aromatic nitrogens is 2. The summed E-state index contributed by atoms with van der Waals surface area (Å²) in [6.45, 7) is 5.47. The molecule has 0 radical (unpaired) electrons. The number of hydrogen-bond donors (Lipinski definition) is 1. The lowest BCUT2D eigenvalue weighted by atomic mass is 9.86. The molecule has 2 aliphatic rings. The second kappa shape index (κ2) is 9.50. The lowest BCUT2D eigenvalue weighted by Gasteiger charge is -2.36. The molecule has 4 aromatic rings. The van der Waals surface area contributed by atoms with E-state index in [-0.39, 0.29) is 28.5 Å². The maximum atomic E-state index is 14.4. The maximum absolute atomic E-state index is 14.4. The molecule has 0 saturated carbocycles. The average Bonchev–Trinajstić information content (AvgIpc) is 3.53. The number of carbonyl (C=O) groups is 2. The molecule has 1 N–H and O–H groups in total. The number of halogens is 5. The van der Waals surface area contributed by atoms with E-state index in [1.807, 2.05) is 13.8 Å². The Hall–Kier alpha value is -4.02. The summed E-state index contributed by atoms with van der Waals surface area (Å²) in [4.78, 5) is 34.8. The molecule has 2 amide bonds. The SMILES string of the molecule is COc1cc(C(F)(F)F)ccc1-c1nc2c(n1C(C)C)[C@]1(C(=O)Nc3cc(Cl)ccc31)N(c1cc(Cl)ccc1C)C2=O. The molecule has 216 valence electrons. The number of ether oxygens (including phenoxy) is 1. The Bertz CT molecular complexity index is 1820. The molecule has 12 heteroatoms. The zero-order valence-corrected chi connectivity index (χ0v) is 24.2. The first kappa shape index (κ1) is 28.1. The Labute approximate surface area is 248 Å². The van der Waals surface area contributed by atoms with Crippen molar-refractivity contribution in [1.29, 1.82) is 0 Å². The van der Waals surface area contributed by atoms with Gasteiger partial charge in [0, 0.05) is 27.3 Å². The van der Waals surface area contributed by atoms with Crippen LogP contribution in [0, 0.1) is 6.92 Å². The highest BCUT2D eigenvalue weighted by molar-refractivity contribution is 6.32. The molecule has 7 nitrogen and oxygen atoms in total. The number of benzene rings is 3. The second-order valence-electron chi connectivity index (χ2n) is 10.4. The van der Waals surface area contributed by atoms with Crippen molar-refractivity contribution in [2.24, 2.45) is 0 Å². The van der Waals surface area contributed by atoms with Gasteiger partial charge in [-0.25, -0.2) is 4.98 Å². The number of carbonyl (C=O) groups excluding carboxylic acids is 2. The van der Waals surface area contributed by atoms with Crippen LogP contribution in [0.3, 0.4) is 0 Å². The molecule has 6 rings (SSSR count). The van der Waals surface area contributed by atoms with Crippen LogP contribution in [-0.2, 0) is 16.5 Å². The fraction of sp³-hybridized carbons (Fsp3) is 0.233. The number of amides is 2. The zero-order chi connectivity index (χ0) is 30.3. The van der Waals surface area contributed by atoms with Crippen molar-refractivity contribution >= 4 is 46.4 Å². The third kappa shape index (κ3) is 3.85. The summed E-state index contributed by atoms with van der Waals surface area (Å²) in [6.07, 6.45) is -4.59. The molecular formula is C30H23Cl2F3N4O3. The number of rotatable bonds is 4. The second-order valence-corrected chi connectivity index (χ2v) is 11.3. The van der Waals surface area contributed by atoms with E-state index in [1.165, 1.54) is 18.1 Å². The quantitative estimate of drug-likeness (QED) is 0.256. The Kier molecular flexibility index (Phi) is 6.36. The molecule has 0 unspecified atom stereocenters. The van der Waals surface area contributed by atoms with Gasteiger partial charge in [0.1, 0.15) is 11.6 Å². The summed E-state index contributed by atoms with van der Waals surface area (Å²) in [7, 11) is 1.26. The third-order valence-electron chi connectivity index (χ3n) is 7.64. The molecule has 2 aliphatic heterocycles. The van der Waals surface area contributed by atoms with Gasteiger partial charge < -0.3 is 14.6 Å². The minimum atomic E-state index is -4.59. The predicted octanol–water partition coefficient (Wildman–Crippen LogP) is 7.63. The van der Waals surface area contributed by atoms with E-state index < -0.39 is 35.1 Å². The molecule has 0 bridgehead atoms. The number of fused-ring (bicyclic) bond motifs is 4. The van der Waals surface area contributed by atoms with Gasteiger partial charge >= 0.3 is 6.18 Å². The summed E-state index contributed by atoms with van der Waals surface area (Å²) in [5.74, 6) is -0.979. The number of hydrogen-bond acceptors (Lipinski definition) is 4. The smallest absolute Gasteiger partial charge is 0.416 e. The summed E-state index contributed by atoms with van der Waals surface area (Å²) >= 11 is 12.7. The summed E-state index contributed by atoms with van der Waals surface area (Å²) < 4.78 is 47.6. The van der Waals surface area contributed by atoms with Gasteiger partial charge in [-0.1, -0.05) is 35.3 Å². The normalized spacial score (nSPS) is 17.7. The van der Waals surface area contributed by atoms with Crippen LogP contribution in [0.4, 0.5) is 24.5 Å². The molecule has 3 aromatic carbocycles. The van der Waals surface area contributed by atoms with Gasteiger partial charge in [0.25, 0.3) is 11.8 Å². The topological polar surface area (TPSA) is 76.5 Å². The molecule has 3 heterocycles. The molecule has 42 heavy (non-hydrogen) atoms. The Morgan fingerprint density at radius 3 is 2.36 bits per heavy atom. The standard InChI is InChI=1S/C30H23Cl2F3N4O3/c1-14(2)38-25-24(37-26(38)19-9-6-16(30(33,34)35)11-23(19)42-4)27(40)39(22-13-18(32)7-5-15(22)3)29(25)20-10-8-17(31)12-21(20)36-28(29)41/h5-14H,1-4H3,(H,36,41)/t29-/m1/s1. The fourth-order valence-corrected chi connectivity index (χ4v) is 6.22. The van der Waals surface area contributed by atoms with Crippen LogP contribution in [0.1, 0.15) is 52.8 Å². The number of nitrogens with zero attached hydrogens (tertiary/aromatic N) is 3. The lowest BCUT2D eigenvalue weighted by Crippen LogP contribution is -2.51. The van der Waals surface area contributed by atoms with E-state index in [9.17, 15) is 22.8 Å². The van der Waals surface area contributed by atoms with E-state index >= 15 is 0 Å². The van der Waals surface area contributed by atoms with Crippen LogP contribution in [-0.4, -0.2) is 28.5 Å². The minimum Gasteiger partial charge on any atom is -0.496 e. The van der Waals surface area contributed by atoms with Crippen LogP contribution in [0.5, 0.6) is 5.75 Å². The first-order valence-electron chi connectivity index (χ1n) is 12.9. The molecule has 0 fully saturated rings. The summed E-state index contributed by atoms with van der Waals surface area (Å²) in [5, 5.41) is 3.63. The highest BCUT2D eigenvalue weighted by Gasteiger charge is 2.64. The van der Waals surface area contributed by atoms with Crippen LogP contribution < -0.4 is 15.0 Å². The fourth-order valence-electron chi connectivity index (χ4n) is 5.88. The summed E-state index contributed by atoms with van der Waals surface area (Å²) in [6, 6.07) is 12.6. The van der Waals surface area contributed by atoms with E-state index in [1.54, 1.807) is 47.9 Å². The molecule has 0 aliphatic carbocycles. The van der Waals surface area contributed by atoms with Crippen molar-refractivity contribution in [3.8, 4) is 17.1 Å². The van der Waals surface area contributed by atoms with Gasteiger partial charge in [-0.15, -0.1) is 0 Å². The highest BCUT2D eigenvalue weighted by atomic mass is 35.5. The summed E-state index contributed by atoms with van der Waals surface area (Å²) in [5.41, 5.74) is -0.141. The number of imidazole rings is 1. The van der Waals surface area contributed by atoms with Gasteiger partial charge in [0.05, 0.1) is 29.6 Å². The highest BCUT2D eigenvalue weighted by Crippen LogP contribution is 2.55. The first-order chi connectivity index (χ1) is 19.8. The van der Waals surface area contributed by atoms with Crippen molar-refractivity contribution in [1.82, 2.24) is 9.55 Å². The Morgan fingerprint density at radius 2 is 1.69 bits per heavy atom. The van der Waals surface area contributed by atoms with Crippen LogP contribution >= 0.6 is 23.2 Å². The maximum Gasteiger partial charge on any atom is 0.416 e. The molecule has 1 atom stereocenters. The number of anilines is 2. The third-order valence-corrected chi connectivity index (χ3v) is 8.11. The van der Waals surface area contributed by atoms with Gasteiger partial charge in [0.2, 0.25) is 0 Å². The Morgan fingerprint density at radius 1 is 1.00 bits per heavy atom. The van der Waals surface area contributed by atoms with Crippen molar-refractivity contribution in [2.75, 3.05) is 17.3 Å². The van der Waals surface area contributed by atoms with Crippen LogP contribution in [0.25, 0.3) is 11.4 Å². The van der Waals surface area contributed by atoms with Crippen molar-refractivity contribution in [3.05, 3.63) is 92.7 Å². The molecule has 1 spiro atoms. The molecule has 1 aromatic heterocycles.